The molecule has 210 valence electrons. The molecule has 2 atom stereocenters. The zero-order valence-electron chi connectivity index (χ0n) is 24.6. The standard InChI is InChI=1S/C32H40N6O2/c1-18(2)37-16-20(4)30-26(31(39)35-15-27-19(3)10-21(5)36-32(27)40)11-25(12-28(30)37)24-8-9-29(34-14-24)38-17-22(6)33-13-23(38)7/h8-12,14,16,18,22-23,33H,13,15,17H2,1-7H3,(H,35,39)(H,36,40)/t22?,23-/m0/s1. The number of hydrogen-bond acceptors (Lipinski definition) is 5. The molecule has 1 aliphatic heterocycles. The Balaban J connectivity index is 1.53. The number of nitrogens with zero attached hydrogens (tertiary/aromatic N) is 3. The summed E-state index contributed by atoms with van der Waals surface area (Å²) in [6.45, 7) is 16.5. The largest absolute Gasteiger partial charge is 0.351 e. The summed E-state index contributed by atoms with van der Waals surface area (Å²) >= 11 is 0. The van der Waals surface area contributed by atoms with Gasteiger partial charge in [-0.05, 0) is 95.5 Å². The summed E-state index contributed by atoms with van der Waals surface area (Å²) in [6.07, 6.45) is 4.02. The summed E-state index contributed by atoms with van der Waals surface area (Å²) in [7, 11) is 0. The number of fused-ring (bicyclic) bond motifs is 1. The molecule has 1 amide bonds. The summed E-state index contributed by atoms with van der Waals surface area (Å²) in [5, 5.41) is 7.47. The maximum atomic E-state index is 13.7. The smallest absolute Gasteiger partial charge is 0.253 e. The summed E-state index contributed by atoms with van der Waals surface area (Å²) in [5.41, 5.74) is 6.60. The van der Waals surface area contributed by atoms with Gasteiger partial charge in [0.05, 0.1) is 0 Å². The van der Waals surface area contributed by atoms with E-state index in [0.29, 0.717) is 23.2 Å². The molecule has 5 rings (SSSR count). The average Bonchev–Trinajstić information content (AvgIpc) is 3.25. The second kappa shape index (κ2) is 10.9. The topological polar surface area (TPSA) is 95.1 Å². The first-order valence-corrected chi connectivity index (χ1v) is 14.1. The number of pyridine rings is 2. The first-order chi connectivity index (χ1) is 19.0. The molecule has 1 saturated heterocycles. The fraction of sp³-hybridized carbons (Fsp3) is 0.406. The van der Waals surface area contributed by atoms with Gasteiger partial charge in [0.1, 0.15) is 5.82 Å². The molecule has 1 aliphatic rings. The number of nitrogens with one attached hydrogen (secondary N) is 3. The molecular weight excluding hydrogens is 500 g/mol. The number of aryl methyl sites for hydroxylation is 3. The van der Waals surface area contributed by atoms with Crippen LogP contribution in [0.25, 0.3) is 22.0 Å². The van der Waals surface area contributed by atoms with E-state index in [1.807, 2.05) is 39.1 Å². The van der Waals surface area contributed by atoms with Crippen LogP contribution < -0.4 is 21.1 Å². The molecule has 4 aromatic rings. The van der Waals surface area contributed by atoms with Crippen LogP contribution in [0.3, 0.4) is 0 Å². The Hall–Kier alpha value is -3.91. The van der Waals surface area contributed by atoms with E-state index in [0.717, 1.165) is 57.8 Å². The second-order valence-corrected chi connectivity index (χ2v) is 11.6. The van der Waals surface area contributed by atoms with Crippen molar-refractivity contribution in [2.45, 2.75) is 73.1 Å². The zero-order valence-corrected chi connectivity index (χ0v) is 24.6. The minimum absolute atomic E-state index is 0.160. The van der Waals surface area contributed by atoms with E-state index in [2.05, 4.69) is 77.2 Å². The molecule has 1 fully saturated rings. The van der Waals surface area contributed by atoms with Gasteiger partial charge in [0.15, 0.2) is 0 Å². The Morgan fingerprint density at radius 3 is 2.55 bits per heavy atom. The third-order valence-electron chi connectivity index (χ3n) is 7.98. The zero-order chi connectivity index (χ0) is 28.7. The van der Waals surface area contributed by atoms with Gasteiger partial charge in [0.2, 0.25) is 0 Å². The van der Waals surface area contributed by atoms with Crippen molar-refractivity contribution in [2.24, 2.45) is 0 Å². The molecular formula is C32H40N6O2. The van der Waals surface area contributed by atoms with Gasteiger partial charge < -0.3 is 25.1 Å². The Bertz CT molecular complexity index is 1620. The van der Waals surface area contributed by atoms with Crippen LogP contribution in [0.15, 0.2) is 47.5 Å². The molecule has 0 saturated carbocycles. The average molecular weight is 541 g/mol. The van der Waals surface area contributed by atoms with Gasteiger partial charge in [-0.2, -0.15) is 0 Å². The van der Waals surface area contributed by atoms with E-state index in [1.54, 1.807) is 0 Å². The lowest BCUT2D eigenvalue weighted by atomic mass is 9.98. The Kier molecular flexibility index (Phi) is 7.55. The fourth-order valence-corrected chi connectivity index (χ4v) is 5.79. The Labute approximate surface area is 235 Å². The maximum Gasteiger partial charge on any atom is 0.253 e. The SMILES string of the molecule is Cc1cc(C)c(CNC(=O)c2cc(-c3ccc(N4CC(C)NC[C@@H]4C)nc3)cc3c2c(C)cn3C(C)C)c(=O)[nH]1. The van der Waals surface area contributed by atoms with Crippen molar-refractivity contribution >= 4 is 22.6 Å². The lowest BCUT2D eigenvalue weighted by Gasteiger charge is -2.38. The van der Waals surface area contributed by atoms with Crippen molar-refractivity contribution in [2.75, 3.05) is 18.0 Å². The molecule has 4 heterocycles. The van der Waals surface area contributed by atoms with Crippen LogP contribution in [0, 0.1) is 20.8 Å². The number of aromatic nitrogens is 3. The molecule has 0 bridgehead atoms. The molecule has 40 heavy (non-hydrogen) atoms. The number of carbonyl (C=O) groups is 1. The number of hydrogen-bond donors (Lipinski definition) is 3. The lowest BCUT2D eigenvalue weighted by molar-refractivity contribution is 0.0952. The van der Waals surface area contributed by atoms with Crippen molar-refractivity contribution in [1.82, 2.24) is 25.2 Å². The number of carbonyl (C=O) groups excluding carboxylic acids is 1. The first-order valence-electron chi connectivity index (χ1n) is 14.1. The van der Waals surface area contributed by atoms with Crippen molar-refractivity contribution in [3.63, 3.8) is 0 Å². The number of benzene rings is 1. The molecule has 1 unspecified atom stereocenters. The van der Waals surface area contributed by atoms with Crippen LogP contribution >= 0.6 is 0 Å². The van der Waals surface area contributed by atoms with Crippen LogP contribution in [0.1, 0.15) is 66.5 Å². The third-order valence-corrected chi connectivity index (χ3v) is 7.98. The predicted molar refractivity (Wildman–Crippen MR) is 162 cm³/mol. The van der Waals surface area contributed by atoms with E-state index in [-0.39, 0.29) is 24.1 Å². The lowest BCUT2D eigenvalue weighted by Crippen LogP contribution is -2.54. The highest BCUT2D eigenvalue weighted by Crippen LogP contribution is 2.33. The van der Waals surface area contributed by atoms with Gasteiger partial charge in [-0.15, -0.1) is 0 Å². The molecule has 8 nitrogen and oxygen atoms in total. The summed E-state index contributed by atoms with van der Waals surface area (Å²) < 4.78 is 2.21. The minimum Gasteiger partial charge on any atom is -0.351 e. The van der Waals surface area contributed by atoms with Crippen LogP contribution in [0.5, 0.6) is 0 Å². The maximum absolute atomic E-state index is 13.7. The normalized spacial score (nSPS) is 17.6. The van der Waals surface area contributed by atoms with Crippen LogP contribution in [-0.4, -0.2) is 45.6 Å². The van der Waals surface area contributed by atoms with E-state index >= 15 is 0 Å². The van der Waals surface area contributed by atoms with E-state index in [4.69, 9.17) is 4.98 Å². The molecule has 0 aliphatic carbocycles. The van der Waals surface area contributed by atoms with Crippen molar-refractivity contribution in [3.05, 3.63) is 81.0 Å². The van der Waals surface area contributed by atoms with Gasteiger partial charge >= 0.3 is 0 Å². The van der Waals surface area contributed by atoms with Gasteiger partial charge in [0.25, 0.3) is 11.5 Å². The summed E-state index contributed by atoms with van der Waals surface area (Å²) in [4.78, 5) is 36.3. The van der Waals surface area contributed by atoms with Gasteiger partial charge in [-0.1, -0.05) is 0 Å². The highest BCUT2D eigenvalue weighted by atomic mass is 16.1. The second-order valence-electron chi connectivity index (χ2n) is 11.6. The van der Waals surface area contributed by atoms with Crippen molar-refractivity contribution < 1.29 is 4.79 Å². The fourth-order valence-electron chi connectivity index (χ4n) is 5.79. The number of rotatable bonds is 6. The third kappa shape index (κ3) is 5.28. The number of aromatic amines is 1. The first kappa shape index (κ1) is 27.6. The number of amides is 1. The van der Waals surface area contributed by atoms with Crippen LogP contribution in [-0.2, 0) is 6.54 Å². The van der Waals surface area contributed by atoms with Crippen LogP contribution in [0.2, 0.25) is 0 Å². The highest BCUT2D eigenvalue weighted by Gasteiger charge is 2.24. The minimum atomic E-state index is -0.205. The molecule has 3 aromatic heterocycles. The molecule has 3 N–H and O–H groups in total. The summed E-state index contributed by atoms with van der Waals surface area (Å²) in [5.74, 6) is 0.757. The van der Waals surface area contributed by atoms with E-state index in [1.165, 1.54) is 0 Å². The van der Waals surface area contributed by atoms with Gasteiger partial charge in [-0.25, -0.2) is 4.98 Å². The Morgan fingerprint density at radius 2 is 1.88 bits per heavy atom. The molecule has 1 aromatic carbocycles. The molecule has 0 spiro atoms. The number of H-pyrrole nitrogens is 1. The van der Waals surface area contributed by atoms with Gasteiger partial charge in [-0.3, -0.25) is 9.59 Å². The van der Waals surface area contributed by atoms with Crippen molar-refractivity contribution in [1.29, 1.82) is 0 Å². The quantitative estimate of drug-likeness (QED) is 0.319. The summed E-state index contributed by atoms with van der Waals surface area (Å²) in [6, 6.07) is 11.2. The monoisotopic (exact) mass is 540 g/mol. The molecule has 8 heteroatoms. The Morgan fingerprint density at radius 1 is 1.10 bits per heavy atom. The number of piperazine rings is 1. The van der Waals surface area contributed by atoms with Crippen molar-refractivity contribution in [3.8, 4) is 11.1 Å². The van der Waals surface area contributed by atoms with E-state index in [9.17, 15) is 9.59 Å². The van der Waals surface area contributed by atoms with Crippen LogP contribution in [0.4, 0.5) is 5.82 Å². The predicted octanol–water partition coefficient (Wildman–Crippen LogP) is 5.01. The number of anilines is 1. The van der Waals surface area contributed by atoms with Gasteiger partial charge in [0, 0.05) is 83.4 Å². The highest BCUT2D eigenvalue weighted by molar-refractivity contribution is 6.09. The van der Waals surface area contributed by atoms with E-state index < -0.39 is 0 Å². The molecule has 0 radical (unpaired) electrons.